The maximum Gasteiger partial charge on any atom is 0.159 e. The third-order valence-corrected chi connectivity index (χ3v) is 3.52. The van der Waals surface area contributed by atoms with Crippen molar-refractivity contribution in [3.8, 4) is 0 Å². The van der Waals surface area contributed by atoms with Crippen LogP contribution in [0.1, 0.15) is 11.1 Å². The second-order valence-electron chi connectivity index (χ2n) is 4.89. The van der Waals surface area contributed by atoms with E-state index in [1.807, 2.05) is 6.07 Å². The highest BCUT2D eigenvalue weighted by Gasteiger charge is 2.31. The summed E-state index contributed by atoms with van der Waals surface area (Å²) in [5.74, 6) is -1.84. The van der Waals surface area contributed by atoms with Gasteiger partial charge in [0, 0.05) is 5.41 Å². The van der Waals surface area contributed by atoms with E-state index in [0.29, 0.717) is 5.56 Å². The Morgan fingerprint density at radius 2 is 1.50 bits per heavy atom. The van der Waals surface area contributed by atoms with Gasteiger partial charge in [0.15, 0.2) is 11.6 Å². The molecule has 2 nitrogen and oxygen atoms in total. The van der Waals surface area contributed by atoms with Gasteiger partial charge in [0.05, 0.1) is 13.2 Å². The minimum atomic E-state index is -0.930. The average molecular weight is 278 g/mol. The maximum atomic E-state index is 13.3. The molecule has 0 aliphatic rings. The van der Waals surface area contributed by atoms with Crippen LogP contribution in [0.5, 0.6) is 0 Å². The second kappa shape index (κ2) is 6.11. The summed E-state index contributed by atoms with van der Waals surface area (Å²) in [5.41, 5.74) is 0.372. The summed E-state index contributed by atoms with van der Waals surface area (Å²) in [6, 6.07) is 12.6. The summed E-state index contributed by atoms with van der Waals surface area (Å²) < 4.78 is 26.2. The van der Waals surface area contributed by atoms with Crippen molar-refractivity contribution in [1.82, 2.24) is 0 Å². The van der Waals surface area contributed by atoms with Gasteiger partial charge in [-0.2, -0.15) is 0 Å². The predicted molar refractivity (Wildman–Crippen MR) is 72.4 cm³/mol. The van der Waals surface area contributed by atoms with Crippen LogP contribution in [0.4, 0.5) is 8.78 Å². The summed E-state index contributed by atoms with van der Waals surface area (Å²) in [6.45, 7) is -0.570. The van der Waals surface area contributed by atoms with E-state index in [2.05, 4.69) is 0 Å². The van der Waals surface area contributed by atoms with Crippen molar-refractivity contribution in [2.75, 3.05) is 13.2 Å². The van der Waals surface area contributed by atoms with Crippen molar-refractivity contribution in [2.45, 2.75) is 11.8 Å². The van der Waals surface area contributed by atoms with E-state index in [1.54, 1.807) is 24.3 Å². The Hall–Kier alpha value is -1.78. The molecule has 2 aromatic rings. The summed E-state index contributed by atoms with van der Waals surface area (Å²) in [5, 5.41) is 19.4. The molecule has 2 rings (SSSR count). The van der Waals surface area contributed by atoms with Crippen LogP contribution in [-0.4, -0.2) is 23.4 Å². The SMILES string of the molecule is OCC(CO)(Cc1ccc(F)c(F)c1)c1ccccc1. The molecule has 0 radical (unpaired) electrons. The number of halogens is 2. The van der Waals surface area contributed by atoms with Crippen molar-refractivity contribution < 1.29 is 19.0 Å². The first-order valence-corrected chi connectivity index (χ1v) is 6.32. The molecule has 0 amide bonds. The average Bonchev–Trinajstić information content (AvgIpc) is 2.49. The van der Waals surface area contributed by atoms with E-state index in [1.165, 1.54) is 6.07 Å². The van der Waals surface area contributed by atoms with E-state index in [4.69, 9.17) is 0 Å². The molecule has 0 fully saturated rings. The third-order valence-electron chi connectivity index (χ3n) is 3.52. The van der Waals surface area contributed by atoms with Crippen molar-refractivity contribution in [3.63, 3.8) is 0 Å². The first kappa shape index (κ1) is 14.6. The molecule has 4 heteroatoms. The summed E-state index contributed by atoms with van der Waals surface area (Å²) in [7, 11) is 0. The quantitative estimate of drug-likeness (QED) is 0.882. The van der Waals surface area contributed by atoms with Gasteiger partial charge in [-0.25, -0.2) is 8.78 Å². The Labute approximate surface area is 116 Å². The lowest BCUT2D eigenvalue weighted by Crippen LogP contribution is -2.37. The normalized spacial score (nSPS) is 11.6. The fraction of sp³-hybridized carbons (Fsp3) is 0.250. The molecule has 0 aromatic heterocycles. The van der Waals surface area contributed by atoms with Gasteiger partial charge < -0.3 is 10.2 Å². The lowest BCUT2D eigenvalue weighted by Gasteiger charge is -2.30. The molecule has 2 N–H and O–H groups in total. The highest BCUT2D eigenvalue weighted by molar-refractivity contribution is 5.30. The minimum absolute atomic E-state index is 0.223. The Kier molecular flexibility index (Phi) is 4.47. The fourth-order valence-corrected chi connectivity index (χ4v) is 2.28. The van der Waals surface area contributed by atoms with Crippen molar-refractivity contribution >= 4 is 0 Å². The first-order valence-electron chi connectivity index (χ1n) is 6.32. The van der Waals surface area contributed by atoms with Gasteiger partial charge in [-0.05, 0) is 29.7 Å². The van der Waals surface area contributed by atoms with E-state index >= 15 is 0 Å². The molecule has 20 heavy (non-hydrogen) atoms. The highest BCUT2D eigenvalue weighted by Crippen LogP contribution is 2.28. The lowest BCUT2D eigenvalue weighted by molar-refractivity contribution is 0.116. The number of hydrogen-bond donors (Lipinski definition) is 2. The van der Waals surface area contributed by atoms with Crippen LogP contribution in [0.15, 0.2) is 48.5 Å². The summed E-state index contributed by atoms with van der Waals surface area (Å²) in [4.78, 5) is 0. The Morgan fingerprint density at radius 1 is 0.850 bits per heavy atom. The topological polar surface area (TPSA) is 40.5 Å². The van der Waals surface area contributed by atoms with Crippen LogP contribution in [0.3, 0.4) is 0 Å². The van der Waals surface area contributed by atoms with Gasteiger partial charge in [-0.1, -0.05) is 36.4 Å². The van der Waals surface area contributed by atoms with Crippen LogP contribution in [0, 0.1) is 11.6 Å². The molecule has 0 atom stereocenters. The molecule has 2 aromatic carbocycles. The van der Waals surface area contributed by atoms with Crippen molar-refractivity contribution in [3.05, 3.63) is 71.3 Å². The van der Waals surface area contributed by atoms with Crippen LogP contribution < -0.4 is 0 Å². The van der Waals surface area contributed by atoms with Gasteiger partial charge in [0.2, 0.25) is 0 Å². The third kappa shape index (κ3) is 2.86. The maximum absolute atomic E-state index is 13.3. The molecule has 0 aliphatic carbocycles. The lowest BCUT2D eigenvalue weighted by atomic mass is 9.77. The number of rotatable bonds is 5. The largest absolute Gasteiger partial charge is 0.395 e. The molecule has 0 bridgehead atoms. The molecular weight excluding hydrogens is 262 g/mol. The standard InChI is InChI=1S/C16H16F2O2/c17-14-7-6-12(8-15(14)18)9-16(10-19,11-20)13-4-2-1-3-5-13/h1-8,19-20H,9-11H2. The molecule has 0 saturated carbocycles. The zero-order chi connectivity index (χ0) is 14.6. The van der Waals surface area contributed by atoms with E-state index in [-0.39, 0.29) is 19.6 Å². The van der Waals surface area contributed by atoms with Crippen molar-refractivity contribution in [2.24, 2.45) is 0 Å². The van der Waals surface area contributed by atoms with Gasteiger partial charge in [0.25, 0.3) is 0 Å². The smallest absolute Gasteiger partial charge is 0.159 e. The van der Waals surface area contributed by atoms with Crippen molar-refractivity contribution in [1.29, 1.82) is 0 Å². The van der Waals surface area contributed by atoms with Gasteiger partial charge in [0.1, 0.15) is 0 Å². The zero-order valence-corrected chi connectivity index (χ0v) is 10.9. The van der Waals surface area contributed by atoms with Gasteiger partial charge in [-0.3, -0.25) is 0 Å². The fourth-order valence-electron chi connectivity index (χ4n) is 2.28. The number of hydrogen-bond acceptors (Lipinski definition) is 2. The van der Waals surface area contributed by atoms with Gasteiger partial charge in [-0.15, -0.1) is 0 Å². The minimum Gasteiger partial charge on any atom is -0.395 e. The Morgan fingerprint density at radius 3 is 2.05 bits per heavy atom. The first-order chi connectivity index (χ1) is 9.61. The van der Waals surface area contributed by atoms with Crippen LogP contribution in [0.25, 0.3) is 0 Å². The van der Waals surface area contributed by atoms with E-state index in [9.17, 15) is 19.0 Å². The van der Waals surface area contributed by atoms with Crippen LogP contribution in [0.2, 0.25) is 0 Å². The molecule has 0 spiro atoms. The molecule has 0 heterocycles. The molecule has 0 aliphatic heterocycles. The number of benzene rings is 2. The molecule has 0 saturated heterocycles. The number of aliphatic hydroxyl groups is 2. The molecular formula is C16H16F2O2. The van der Waals surface area contributed by atoms with Crippen LogP contribution >= 0.6 is 0 Å². The van der Waals surface area contributed by atoms with E-state index < -0.39 is 17.0 Å². The predicted octanol–water partition coefficient (Wildman–Crippen LogP) is 2.43. The second-order valence-corrected chi connectivity index (χ2v) is 4.89. The summed E-state index contributed by atoms with van der Waals surface area (Å²) >= 11 is 0. The molecule has 106 valence electrons. The Bertz CT molecular complexity index is 566. The zero-order valence-electron chi connectivity index (χ0n) is 10.9. The van der Waals surface area contributed by atoms with Gasteiger partial charge >= 0.3 is 0 Å². The monoisotopic (exact) mass is 278 g/mol. The Balaban J connectivity index is 2.36. The highest BCUT2D eigenvalue weighted by atomic mass is 19.2. The van der Waals surface area contributed by atoms with E-state index in [0.717, 1.165) is 17.7 Å². The molecule has 0 unspecified atom stereocenters. The summed E-state index contributed by atoms with van der Waals surface area (Å²) in [6.07, 6.45) is 0.223. The van der Waals surface area contributed by atoms with Crippen LogP contribution in [-0.2, 0) is 11.8 Å². The number of aliphatic hydroxyl groups excluding tert-OH is 2.